The van der Waals surface area contributed by atoms with Crippen LogP contribution in [0.1, 0.15) is 441 Å². The highest BCUT2D eigenvalue weighted by Crippen LogP contribution is 2.31. The van der Waals surface area contributed by atoms with E-state index < -0.39 is 79.4 Å². The Bertz CT molecular complexity index is 2360. The third-order valence-electron chi connectivity index (χ3n) is 24.0. The average molecular weight is 1650 g/mol. The second-order valence-electron chi connectivity index (χ2n) is 37.6. The molecule has 0 N–H and O–H groups in total. The van der Waals surface area contributed by atoms with Crippen LogP contribution in [0.5, 0.6) is 0 Å². The van der Waals surface area contributed by atoms with E-state index in [1.807, 2.05) is 0 Å². The number of likely N-dealkylation sites (tertiary alicyclic amines) is 4. The van der Waals surface area contributed by atoms with Crippen LogP contribution in [0.2, 0.25) is 0 Å². The minimum Gasteiger partial charge on any atom is -0.464 e. The van der Waals surface area contributed by atoms with E-state index in [-0.39, 0.29) is 75.5 Å². The van der Waals surface area contributed by atoms with Gasteiger partial charge in [-0.1, -0.05) is 335 Å². The first-order chi connectivity index (χ1) is 57.3. The average Bonchev–Trinajstić information content (AvgIpc) is 1.50. The molecule has 680 valence electrons. The fourth-order valence-corrected chi connectivity index (χ4v) is 16.4. The minimum atomic E-state index is -1.66. The molecule has 4 aliphatic heterocycles. The molecule has 4 aliphatic rings. The summed E-state index contributed by atoms with van der Waals surface area (Å²) >= 11 is 0. The number of hydrogen-bond acceptors (Lipinski definition) is 12. The molecule has 4 amide bonds. The fourth-order valence-electron chi connectivity index (χ4n) is 16.4. The van der Waals surface area contributed by atoms with Gasteiger partial charge in [-0.05, 0) is 134 Å². The van der Waals surface area contributed by atoms with Crippen molar-refractivity contribution in [2.75, 3.05) is 78.8 Å². The van der Waals surface area contributed by atoms with Gasteiger partial charge in [-0.25, -0.2) is 0 Å². The number of rotatable bonds is 76. The van der Waals surface area contributed by atoms with Crippen LogP contribution < -0.4 is 0 Å². The molecule has 0 saturated carbocycles. The number of amides is 4. The third kappa shape index (κ3) is 55.7. The Labute approximate surface area is 723 Å². The Morgan fingerprint density at radius 1 is 0.254 bits per heavy atom. The Balaban J connectivity index is 0.00000697. The molecule has 4 unspecified atom stereocenters. The summed E-state index contributed by atoms with van der Waals surface area (Å²) in [5.41, 5.74) is -1.16. The van der Waals surface area contributed by atoms with Gasteiger partial charge in [0.05, 0.1) is 23.7 Å². The number of ether oxygens (including phenoxy) is 4. The van der Waals surface area contributed by atoms with Gasteiger partial charge in [0, 0.05) is 78.0 Å². The Morgan fingerprint density at radius 2 is 0.398 bits per heavy atom. The highest BCUT2D eigenvalue weighted by atomic mass is 16.6. The molecule has 16 heteroatoms. The highest BCUT2D eigenvalue weighted by molar-refractivity contribution is 5.89. The lowest BCUT2D eigenvalue weighted by Gasteiger charge is -2.33. The van der Waals surface area contributed by atoms with E-state index >= 15 is 0 Å². The molecule has 4 atom stereocenters. The largest absolute Gasteiger partial charge is 0.464 e. The minimum absolute atomic E-state index is 0.0342. The van der Waals surface area contributed by atoms with Crippen molar-refractivity contribution in [1.82, 2.24) is 19.6 Å². The third-order valence-corrected chi connectivity index (χ3v) is 24.0. The molecule has 16 nitrogen and oxygen atoms in total. The Hall–Kier alpha value is -5.28. The van der Waals surface area contributed by atoms with Gasteiger partial charge in [0.2, 0.25) is 23.6 Å². The molecule has 0 radical (unpaired) electrons. The summed E-state index contributed by atoms with van der Waals surface area (Å²) in [5, 5.41) is 0. The first-order valence-electron chi connectivity index (χ1n) is 49.7. The lowest BCUT2D eigenvalue weighted by Crippen LogP contribution is -2.45. The summed E-state index contributed by atoms with van der Waals surface area (Å²) in [6, 6.07) is 0. The number of nitrogens with zero attached hydrogens (tertiary/aromatic N) is 4. The van der Waals surface area contributed by atoms with E-state index in [0.29, 0.717) is 31.6 Å². The van der Waals surface area contributed by atoms with Gasteiger partial charge in [0.25, 0.3) is 0 Å². The molecule has 0 spiro atoms. The molecule has 0 bridgehead atoms. The van der Waals surface area contributed by atoms with E-state index in [4.69, 9.17) is 18.9 Å². The summed E-state index contributed by atoms with van der Waals surface area (Å²) in [6.45, 7) is 18.6. The van der Waals surface area contributed by atoms with Crippen LogP contribution in [-0.2, 0) is 57.3 Å². The molecule has 118 heavy (non-hydrogen) atoms. The lowest BCUT2D eigenvalue weighted by atomic mass is 9.91. The smallest absolute Gasteiger partial charge is 0.311 e. The molecule has 4 saturated heterocycles. The van der Waals surface area contributed by atoms with Crippen molar-refractivity contribution in [3.63, 3.8) is 0 Å². The number of carbonyl (C=O) groups excluding carboxylic acids is 8. The number of hydrogen-bond donors (Lipinski definition) is 0. The SMILES string of the molecule is CC(C)(C)C.CCCCCCCC/C=C\CCCCCCCCN1CC(C(=O)OCC(COC(=O)C2CC(=O)N(CCCCCCCC/C=C\CCCCCCCC)C2)(COC(=O)C2CC(=O)N(CCCCCCCC/C=C\CCCCCCCC)C2)COC(=O)C2CC(=O)N(CCCCCCCC/C=C\CCCCCCCC)C2)CC1=O. The molecule has 0 aromatic heterocycles. The Morgan fingerprint density at radius 3 is 0.559 bits per heavy atom. The van der Waals surface area contributed by atoms with Gasteiger partial charge in [0.1, 0.15) is 31.8 Å². The van der Waals surface area contributed by atoms with Crippen molar-refractivity contribution >= 4 is 47.5 Å². The second-order valence-corrected chi connectivity index (χ2v) is 37.6. The number of esters is 4. The quantitative estimate of drug-likeness (QED) is 0.0243. The van der Waals surface area contributed by atoms with Crippen LogP contribution in [0.25, 0.3) is 0 Å². The number of allylic oxidation sites excluding steroid dienone is 8. The molecule has 0 aromatic rings. The molecular formula is C102H180N4O12. The summed E-state index contributed by atoms with van der Waals surface area (Å²) in [4.78, 5) is 119. The number of carbonyl (C=O) groups is 8. The molecule has 0 aliphatic carbocycles. The molecular weight excluding hydrogens is 1470 g/mol. The first kappa shape index (κ1) is 107. The summed E-state index contributed by atoms with van der Waals surface area (Å²) < 4.78 is 24.7. The Kier molecular flexibility index (Phi) is 64.5. The maximum absolute atomic E-state index is 14.4. The van der Waals surface area contributed by atoms with Crippen molar-refractivity contribution in [3.05, 3.63) is 48.6 Å². The number of unbranched alkanes of at least 4 members (excludes halogenated alkanes) is 48. The van der Waals surface area contributed by atoms with E-state index in [1.54, 1.807) is 19.6 Å². The fraction of sp³-hybridized carbons (Fsp3) is 0.843. The van der Waals surface area contributed by atoms with Gasteiger partial charge in [-0.15, -0.1) is 0 Å². The standard InChI is InChI=1S/C97H168N4O12.C5H12/c1-5-9-13-17-21-25-29-33-37-41-45-49-53-57-61-65-69-98-77-85(73-89(98)102)93(106)110-81-97(82-111-94(107)86-74-90(103)99(78-86)70-66-62-58-54-50-46-42-38-34-30-26-22-18-14-10-6-2,83-112-95(108)87-75-91(104)100(79-87)71-67-63-59-55-51-47-43-39-35-31-27-23-19-15-11-7-3)84-113-96(109)88-76-92(105)101(80-88)72-68-64-60-56-52-48-44-40-36-32-28-24-20-16-12-8-4;1-5(2,3)4/h33-40,85-88H,5-32,41-84H2,1-4H3;1-4H3/b37-33-,38-34-,39-35-,40-36-;. The van der Waals surface area contributed by atoms with Crippen molar-refractivity contribution in [1.29, 1.82) is 0 Å². The maximum Gasteiger partial charge on any atom is 0.311 e. The van der Waals surface area contributed by atoms with E-state index in [2.05, 4.69) is 104 Å². The van der Waals surface area contributed by atoms with Gasteiger partial charge in [-0.3, -0.25) is 38.4 Å². The van der Waals surface area contributed by atoms with Crippen LogP contribution >= 0.6 is 0 Å². The molecule has 4 fully saturated rings. The zero-order valence-electron chi connectivity index (χ0n) is 77.5. The van der Waals surface area contributed by atoms with Crippen LogP contribution in [-0.4, -0.2) is 146 Å². The summed E-state index contributed by atoms with van der Waals surface area (Å²) in [6.07, 6.45) is 84.7. The lowest BCUT2D eigenvalue weighted by molar-refractivity contribution is -0.176. The van der Waals surface area contributed by atoms with Crippen LogP contribution in [0.3, 0.4) is 0 Å². The monoisotopic (exact) mass is 1650 g/mol. The van der Waals surface area contributed by atoms with Gasteiger partial charge < -0.3 is 38.5 Å². The van der Waals surface area contributed by atoms with Crippen molar-refractivity contribution in [3.8, 4) is 0 Å². The molecule has 4 rings (SSSR count). The van der Waals surface area contributed by atoms with E-state index in [9.17, 15) is 38.4 Å². The molecule has 4 heterocycles. The summed E-state index contributed by atoms with van der Waals surface area (Å²) in [7, 11) is 0. The first-order valence-corrected chi connectivity index (χ1v) is 49.7. The van der Waals surface area contributed by atoms with Crippen LogP contribution in [0.4, 0.5) is 0 Å². The van der Waals surface area contributed by atoms with E-state index in [0.717, 1.165) is 128 Å². The van der Waals surface area contributed by atoms with Crippen LogP contribution in [0.15, 0.2) is 48.6 Å². The highest BCUT2D eigenvalue weighted by Gasteiger charge is 2.45. The summed E-state index contributed by atoms with van der Waals surface area (Å²) in [5.74, 6) is -6.24. The zero-order chi connectivity index (χ0) is 85.6. The topological polar surface area (TPSA) is 186 Å². The van der Waals surface area contributed by atoms with Gasteiger partial charge >= 0.3 is 23.9 Å². The van der Waals surface area contributed by atoms with Crippen LogP contribution in [0, 0.1) is 34.5 Å². The zero-order valence-corrected chi connectivity index (χ0v) is 77.5. The van der Waals surface area contributed by atoms with Crippen molar-refractivity contribution in [2.24, 2.45) is 34.5 Å². The van der Waals surface area contributed by atoms with Crippen molar-refractivity contribution in [2.45, 2.75) is 441 Å². The predicted molar refractivity (Wildman–Crippen MR) is 488 cm³/mol. The normalized spacial score (nSPS) is 17.8. The van der Waals surface area contributed by atoms with E-state index in [1.165, 1.54) is 231 Å². The predicted octanol–water partition coefficient (Wildman–Crippen LogP) is 25.7. The van der Waals surface area contributed by atoms with Gasteiger partial charge in [0.15, 0.2) is 0 Å². The van der Waals surface area contributed by atoms with Crippen molar-refractivity contribution < 1.29 is 57.3 Å². The maximum atomic E-state index is 14.4. The second kappa shape index (κ2) is 71.2. The van der Waals surface area contributed by atoms with Gasteiger partial charge in [-0.2, -0.15) is 0 Å². The molecule has 0 aromatic carbocycles.